The van der Waals surface area contributed by atoms with Crippen LogP contribution in [0.4, 0.5) is 4.39 Å². The molecular weight excluding hydrogens is 243 g/mol. The van der Waals surface area contributed by atoms with Gasteiger partial charge in [0.15, 0.2) is 0 Å². The van der Waals surface area contributed by atoms with Gasteiger partial charge >= 0.3 is 0 Å². The summed E-state index contributed by atoms with van der Waals surface area (Å²) >= 11 is 5.79. The zero-order chi connectivity index (χ0) is 12.4. The van der Waals surface area contributed by atoms with E-state index in [0.29, 0.717) is 17.7 Å². The third-order valence-electron chi connectivity index (χ3n) is 3.17. The van der Waals surface area contributed by atoms with E-state index >= 15 is 0 Å². The van der Waals surface area contributed by atoms with Gasteiger partial charge in [-0.3, -0.25) is 4.90 Å². The molecule has 1 aliphatic heterocycles. The van der Waals surface area contributed by atoms with Crippen molar-refractivity contribution in [3.05, 3.63) is 28.0 Å². The molecule has 0 aliphatic carbocycles. The van der Waals surface area contributed by atoms with E-state index in [0.717, 1.165) is 32.2 Å². The number of hydrogen-bond donors (Lipinski definition) is 2. The summed E-state index contributed by atoms with van der Waals surface area (Å²) in [5, 5.41) is 13.2. The van der Waals surface area contributed by atoms with Crippen LogP contribution in [-0.2, 0) is 6.54 Å². The molecule has 0 radical (unpaired) electrons. The van der Waals surface area contributed by atoms with E-state index in [1.807, 2.05) is 0 Å². The number of piperazine rings is 1. The van der Waals surface area contributed by atoms with Crippen molar-refractivity contribution < 1.29 is 9.50 Å². The summed E-state index contributed by atoms with van der Waals surface area (Å²) in [6.45, 7) is 5.84. The van der Waals surface area contributed by atoms with Crippen molar-refractivity contribution in [2.75, 3.05) is 26.2 Å². The first-order valence-corrected chi connectivity index (χ1v) is 6.07. The molecular formula is C12H16ClFN2O. The van der Waals surface area contributed by atoms with Gasteiger partial charge in [-0.05, 0) is 18.6 Å². The zero-order valence-corrected chi connectivity index (χ0v) is 10.5. The molecule has 1 heterocycles. The van der Waals surface area contributed by atoms with E-state index in [1.54, 1.807) is 6.92 Å². The van der Waals surface area contributed by atoms with Crippen LogP contribution >= 0.6 is 11.6 Å². The van der Waals surface area contributed by atoms with Crippen LogP contribution in [0, 0.1) is 12.7 Å². The first kappa shape index (κ1) is 12.6. The monoisotopic (exact) mass is 258 g/mol. The van der Waals surface area contributed by atoms with Crippen molar-refractivity contribution in [1.29, 1.82) is 0 Å². The summed E-state index contributed by atoms with van der Waals surface area (Å²) in [5.74, 6) is -0.359. The fourth-order valence-corrected chi connectivity index (χ4v) is 2.25. The maximum atomic E-state index is 13.5. The Morgan fingerprint density at radius 1 is 1.47 bits per heavy atom. The molecule has 1 aromatic rings. The van der Waals surface area contributed by atoms with Crippen molar-refractivity contribution in [3.8, 4) is 5.75 Å². The number of nitrogens with zero attached hydrogens (tertiary/aromatic N) is 1. The Morgan fingerprint density at radius 3 is 2.76 bits per heavy atom. The molecule has 1 fully saturated rings. The zero-order valence-electron chi connectivity index (χ0n) is 9.76. The third-order valence-corrected chi connectivity index (χ3v) is 3.46. The molecule has 0 bridgehead atoms. The van der Waals surface area contributed by atoms with Gasteiger partial charge in [0.1, 0.15) is 11.6 Å². The summed E-state index contributed by atoms with van der Waals surface area (Å²) in [7, 11) is 0. The molecule has 94 valence electrons. The first-order valence-electron chi connectivity index (χ1n) is 5.69. The molecule has 1 aliphatic rings. The van der Waals surface area contributed by atoms with Gasteiger partial charge in [-0.15, -0.1) is 0 Å². The van der Waals surface area contributed by atoms with Crippen LogP contribution in [0.5, 0.6) is 5.75 Å². The topological polar surface area (TPSA) is 35.5 Å². The molecule has 17 heavy (non-hydrogen) atoms. The average Bonchev–Trinajstić information content (AvgIpc) is 2.33. The van der Waals surface area contributed by atoms with Crippen LogP contribution in [0.2, 0.25) is 5.02 Å². The number of rotatable bonds is 2. The fraction of sp³-hybridized carbons (Fsp3) is 0.500. The van der Waals surface area contributed by atoms with Crippen molar-refractivity contribution in [1.82, 2.24) is 10.2 Å². The third kappa shape index (κ3) is 2.70. The average molecular weight is 259 g/mol. The molecule has 2 N–H and O–H groups in total. The summed E-state index contributed by atoms with van der Waals surface area (Å²) in [6.07, 6.45) is 0. The quantitative estimate of drug-likeness (QED) is 0.851. The highest BCUT2D eigenvalue weighted by Gasteiger charge is 2.18. The maximum absolute atomic E-state index is 13.5. The molecule has 2 rings (SSSR count). The number of phenols is 1. The lowest BCUT2D eigenvalue weighted by atomic mass is 10.1. The Bertz CT molecular complexity index is 393. The minimum absolute atomic E-state index is 0.00380. The SMILES string of the molecule is Cc1c(F)cc(Cl)c(O)c1CN1CCNCC1. The number of nitrogens with one attached hydrogen (secondary N) is 1. The largest absolute Gasteiger partial charge is 0.506 e. The standard InChI is InChI=1S/C12H16ClFN2O/c1-8-9(7-16-4-2-15-3-5-16)12(17)10(13)6-11(8)14/h6,15,17H,2-5,7H2,1H3. The first-order chi connectivity index (χ1) is 8.09. The second-order valence-electron chi connectivity index (χ2n) is 4.32. The predicted molar refractivity (Wildman–Crippen MR) is 66.0 cm³/mol. The summed E-state index contributed by atoms with van der Waals surface area (Å²) in [5.41, 5.74) is 1.07. The number of benzene rings is 1. The van der Waals surface area contributed by atoms with Crippen LogP contribution in [0.3, 0.4) is 0 Å². The molecule has 0 spiro atoms. The normalized spacial score (nSPS) is 17.4. The van der Waals surface area contributed by atoms with E-state index in [-0.39, 0.29) is 16.6 Å². The number of aromatic hydroxyl groups is 1. The summed E-state index contributed by atoms with van der Waals surface area (Å²) < 4.78 is 13.5. The lowest BCUT2D eigenvalue weighted by Crippen LogP contribution is -2.43. The van der Waals surface area contributed by atoms with Gasteiger partial charge in [-0.1, -0.05) is 11.6 Å². The fourth-order valence-electron chi connectivity index (χ4n) is 2.04. The van der Waals surface area contributed by atoms with Gasteiger partial charge < -0.3 is 10.4 Å². The van der Waals surface area contributed by atoms with Gasteiger partial charge in [-0.2, -0.15) is 0 Å². The van der Waals surface area contributed by atoms with Crippen LogP contribution in [-0.4, -0.2) is 36.2 Å². The van der Waals surface area contributed by atoms with E-state index in [9.17, 15) is 9.50 Å². The Labute approximate surface area is 105 Å². The molecule has 0 saturated carbocycles. The minimum Gasteiger partial charge on any atom is -0.506 e. The second-order valence-corrected chi connectivity index (χ2v) is 4.73. The number of halogens is 2. The van der Waals surface area contributed by atoms with Crippen molar-refractivity contribution in [2.45, 2.75) is 13.5 Å². The molecule has 1 aromatic carbocycles. The van der Waals surface area contributed by atoms with Crippen molar-refractivity contribution in [3.63, 3.8) is 0 Å². The molecule has 0 aromatic heterocycles. The van der Waals surface area contributed by atoms with Gasteiger partial charge in [0.05, 0.1) is 5.02 Å². The van der Waals surface area contributed by atoms with Crippen LogP contribution in [0.25, 0.3) is 0 Å². The maximum Gasteiger partial charge on any atom is 0.139 e. The number of hydrogen-bond acceptors (Lipinski definition) is 3. The summed E-state index contributed by atoms with van der Waals surface area (Å²) in [6, 6.07) is 1.16. The molecule has 0 unspecified atom stereocenters. The smallest absolute Gasteiger partial charge is 0.139 e. The van der Waals surface area contributed by atoms with Crippen LogP contribution in [0.1, 0.15) is 11.1 Å². The Balaban J connectivity index is 2.24. The minimum atomic E-state index is -0.363. The molecule has 1 saturated heterocycles. The van der Waals surface area contributed by atoms with E-state index in [2.05, 4.69) is 10.2 Å². The summed E-state index contributed by atoms with van der Waals surface area (Å²) in [4.78, 5) is 2.17. The van der Waals surface area contributed by atoms with Gasteiger partial charge in [-0.25, -0.2) is 4.39 Å². The molecule has 0 atom stereocenters. The van der Waals surface area contributed by atoms with E-state index in [1.165, 1.54) is 0 Å². The molecule has 3 nitrogen and oxygen atoms in total. The van der Waals surface area contributed by atoms with Crippen molar-refractivity contribution in [2.24, 2.45) is 0 Å². The highest BCUT2D eigenvalue weighted by atomic mass is 35.5. The number of phenolic OH excluding ortho intramolecular Hbond substituents is 1. The van der Waals surface area contributed by atoms with Gasteiger partial charge in [0.2, 0.25) is 0 Å². The van der Waals surface area contributed by atoms with Gasteiger partial charge in [0, 0.05) is 38.3 Å². The second kappa shape index (κ2) is 5.21. The highest BCUT2D eigenvalue weighted by Crippen LogP contribution is 2.32. The van der Waals surface area contributed by atoms with Crippen LogP contribution in [0.15, 0.2) is 6.07 Å². The Morgan fingerprint density at radius 2 is 2.12 bits per heavy atom. The molecule has 5 heteroatoms. The lowest BCUT2D eigenvalue weighted by molar-refractivity contribution is 0.230. The Hall–Kier alpha value is -0.840. The molecule has 0 amide bonds. The highest BCUT2D eigenvalue weighted by molar-refractivity contribution is 6.32. The lowest BCUT2D eigenvalue weighted by Gasteiger charge is -2.28. The van der Waals surface area contributed by atoms with E-state index in [4.69, 9.17) is 11.6 Å². The van der Waals surface area contributed by atoms with Crippen LogP contribution < -0.4 is 5.32 Å². The van der Waals surface area contributed by atoms with Gasteiger partial charge in [0.25, 0.3) is 0 Å². The van der Waals surface area contributed by atoms with E-state index < -0.39 is 0 Å². The Kier molecular flexibility index (Phi) is 3.86. The predicted octanol–water partition coefficient (Wildman–Crippen LogP) is 1.90. The van der Waals surface area contributed by atoms with Crippen molar-refractivity contribution >= 4 is 11.6 Å².